The van der Waals surface area contributed by atoms with Crippen LogP contribution in [-0.4, -0.2) is 42.7 Å². The topological polar surface area (TPSA) is 92.6 Å². The van der Waals surface area contributed by atoms with Crippen molar-refractivity contribution in [3.05, 3.63) is 47.5 Å². The molecule has 0 atom stereocenters. The van der Waals surface area contributed by atoms with Gasteiger partial charge in [0.25, 0.3) is 5.91 Å². The van der Waals surface area contributed by atoms with Crippen molar-refractivity contribution in [2.45, 2.75) is 6.92 Å². The summed E-state index contributed by atoms with van der Waals surface area (Å²) in [7, 11) is 3.04. The Balaban J connectivity index is 1.78. The molecule has 2 heterocycles. The van der Waals surface area contributed by atoms with Gasteiger partial charge in [-0.3, -0.25) is 9.59 Å². The zero-order valence-corrected chi connectivity index (χ0v) is 16.9. The van der Waals surface area contributed by atoms with Gasteiger partial charge in [-0.15, -0.1) is 10.2 Å². The Morgan fingerprint density at radius 2 is 1.79 bits per heavy atom. The molecule has 8 nitrogen and oxygen atoms in total. The SMILES string of the molecule is COc1cccc(OC)c1N1C(=O)CSC1=NN=C1C(=O)Nc2ccc(C)cc21. The normalized spacial score (nSPS) is 18.4. The number of methoxy groups -OCH3 is 2. The van der Waals surface area contributed by atoms with E-state index < -0.39 is 0 Å². The second-order valence-electron chi connectivity index (χ2n) is 6.36. The Hall–Kier alpha value is -3.33. The van der Waals surface area contributed by atoms with Crippen molar-refractivity contribution in [3.63, 3.8) is 0 Å². The molecule has 2 aromatic rings. The van der Waals surface area contributed by atoms with Crippen LogP contribution in [0.5, 0.6) is 11.5 Å². The monoisotopic (exact) mass is 410 g/mol. The number of hydrogen-bond acceptors (Lipinski definition) is 7. The van der Waals surface area contributed by atoms with E-state index in [1.807, 2.05) is 25.1 Å². The van der Waals surface area contributed by atoms with Crippen LogP contribution in [0.4, 0.5) is 11.4 Å². The van der Waals surface area contributed by atoms with Gasteiger partial charge < -0.3 is 14.8 Å². The summed E-state index contributed by atoms with van der Waals surface area (Å²) in [4.78, 5) is 26.3. The molecule has 0 aliphatic carbocycles. The molecule has 0 aromatic heterocycles. The molecule has 9 heteroatoms. The van der Waals surface area contributed by atoms with Gasteiger partial charge in [-0.25, -0.2) is 4.90 Å². The molecule has 2 aliphatic heterocycles. The molecule has 148 valence electrons. The van der Waals surface area contributed by atoms with E-state index in [4.69, 9.17) is 9.47 Å². The number of amides is 2. The van der Waals surface area contributed by atoms with E-state index in [9.17, 15) is 9.59 Å². The first-order chi connectivity index (χ1) is 14.0. The number of benzene rings is 2. The second kappa shape index (κ2) is 7.59. The van der Waals surface area contributed by atoms with Crippen LogP contribution in [0.3, 0.4) is 0 Å². The largest absolute Gasteiger partial charge is 0.494 e. The molecule has 4 rings (SSSR count). The van der Waals surface area contributed by atoms with Crippen LogP contribution >= 0.6 is 11.8 Å². The van der Waals surface area contributed by atoms with Gasteiger partial charge in [0.15, 0.2) is 10.9 Å². The fourth-order valence-corrected chi connectivity index (χ4v) is 3.97. The van der Waals surface area contributed by atoms with E-state index in [1.54, 1.807) is 18.2 Å². The molecule has 0 unspecified atom stereocenters. The number of aryl methyl sites for hydroxylation is 1. The van der Waals surface area contributed by atoms with Crippen LogP contribution < -0.4 is 19.7 Å². The lowest BCUT2D eigenvalue weighted by molar-refractivity contribution is -0.115. The third-order valence-electron chi connectivity index (χ3n) is 4.52. The lowest BCUT2D eigenvalue weighted by Crippen LogP contribution is -2.30. The average molecular weight is 410 g/mol. The lowest BCUT2D eigenvalue weighted by Gasteiger charge is -2.20. The maximum Gasteiger partial charge on any atom is 0.276 e. The van der Waals surface area contributed by atoms with Gasteiger partial charge in [0, 0.05) is 5.56 Å². The molecule has 2 aliphatic rings. The predicted molar refractivity (Wildman–Crippen MR) is 113 cm³/mol. The van der Waals surface area contributed by atoms with E-state index in [-0.39, 0.29) is 23.3 Å². The number of ether oxygens (including phenoxy) is 2. The summed E-state index contributed by atoms with van der Waals surface area (Å²) in [5, 5.41) is 11.5. The Bertz CT molecular complexity index is 1060. The first-order valence-corrected chi connectivity index (χ1v) is 9.77. The number of carbonyl (C=O) groups excluding carboxylic acids is 2. The number of carbonyl (C=O) groups is 2. The van der Waals surface area contributed by atoms with Crippen molar-refractivity contribution in [1.82, 2.24) is 0 Å². The first-order valence-electron chi connectivity index (χ1n) is 8.78. The van der Waals surface area contributed by atoms with Gasteiger partial charge in [0.2, 0.25) is 5.91 Å². The third kappa shape index (κ3) is 3.33. The molecule has 2 amide bonds. The Morgan fingerprint density at radius 3 is 2.48 bits per heavy atom. The molecule has 1 fully saturated rings. The maximum absolute atomic E-state index is 12.6. The summed E-state index contributed by atoms with van der Waals surface area (Å²) < 4.78 is 10.8. The molecule has 1 saturated heterocycles. The summed E-state index contributed by atoms with van der Waals surface area (Å²) in [6, 6.07) is 10.9. The minimum absolute atomic E-state index is 0.177. The number of rotatable bonds is 4. The number of nitrogens with one attached hydrogen (secondary N) is 1. The van der Waals surface area contributed by atoms with E-state index in [2.05, 4.69) is 15.5 Å². The van der Waals surface area contributed by atoms with Crippen LogP contribution in [0.15, 0.2) is 46.6 Å². The summed E-state index contributed by atoms with van der Waals surface area (Å²) in [6.07, 6.45) is 0. The van der Waals surface area contributed by atoms with Crippen LogP contribution in [0.1, 0.15) is 11.1 Å². The molecule has 29 heavy (non-hydrogen) atoms. The first kappa shape index (κ1) is 19.0. The third-order valence-corrected chi connectivity index (χ3v) is 5.43. The van der Waals surface area contributed by atoms with Crippen molar-refractivity contribution >= 4 is 45.8 Å². The smallest absolute Gasteiger partial charge is 0.276 e. The van der Waals surface area contributed by atoms with Gasteiger partial charge in [-0.05, 0) is 31.2 Å². The number of fused-ring (bicyclic) bond motifs is 1. The zero-order valence-electron chi connectivity index (χ0n) is 16.1. The van der Waals surface area contributed by atoms with Crippen LogP contribution in [0, 0.1) is 6.92 Å². The van der Waals surface area contributed by atoms with Crippen molar-refractivity contribution in [2.75, 3.05) is 30.2 Å². The molecule has 1 N–H and O–H groups in total. The minimum atomic E-state index is -0.328. The van der Waals surface area contributed by atoms with Crippen molar-refractivity contribution in [2.24, 2.45) is 10.2 Å². The number of nitrogens with zero attached hydrogens (tertiary/aromatic N) is 3. The van der Waals surface area contributed by atoms with Crippen molar-refractivity contribution in [1.29, 1.82) is 0 Å². The molecular formula is C20H18N4O4S. The summed E-state index contributed by atoms with van der Waals surface area (Å²) in [5.74, 6) is 0.641. The molecule has 0 spiro atoms. The van der Waals surface area contributed by atoms with Crippen LogP contribution in [0.25, 0.3) is 0 Å². The fraction of sp³-hybridized carbons (Fsp3) is 0.200. The highest BCUT2D eigenvalue weighted by molar-refractivity contribution is 8.15. The maximum atomic E-state index is 12.6. The fourth-order valence-electron chi connectivity index (χ4n) is 3.17. The van der Waals surface area contributed by atoms with E-state index in [0.717, 1.165) is 5.56 Å². The highest BCUT2D eigenvalue weighted by atomic mass is 32.2. The Kier molecular flexibility index (Phi) is 4.98. The number of hydrogen-bond donors (Lipinski definition) is 1. The predicted octanol–water partition coefficient (Wildman–Crippen LogP) is 2.80. The molecule has 0 bridgehead atoms. The standard InChI is InChI=1S/C20H18N4O4S/c1-11-7-8-13-12(9-11)17(19(26)21-13)22-23-20-24(16(25)10-29-20)18-14(27-2)5-4-6-15(18)28-3/h4-9H,10H2,1-3H3,(H,21,22,26). The number of para-hydroxylation sites is 1. The summed E-state index contributed by atoms with van der Waals surface area (Å²) in [6.45, 7) is 1.94. The van der Waals surface area contributed by atoms with Gasteiger partial charge in [-0.2, -0.15) is 0 Å². The molecule has 2 aromatic carbocycles. The zero-order chi connectivity index (χ0) is 20.5. The van der Waals surface area contributed by atoms with Gasteiger partial charge in [0.05, 0.1) is 25.7 Å². The van der Waals surface area contributed by atoms with Crippen molar-refractivity contribution < 1.29 is 19.1 Å². The van der Waals surface area contributed by atoms with E-state index in [1.165, 1.54) is 30.9 Å². The number of amidine groups is 1. The number of anilines is 2. The van der Waals surface area contributed by atoms with Gasteiger partial charge >= 0.3 is 0 Å². The summed E-state index contributed by atoms with van der Waals surface area (Å²) >= 11 is 1.24. The van der Waals surface area contributed by atoms with Gasteiger partial charge in [0.1, 0.15) is 17.2 Å². The van der Waals surface area contributed by atoms with E-state index in [0.29, 0.717) is 33.6 Å². The quantitative estimate of drug-likeness (QED) is 0.783. The number of thioether (sulfide) groups is 1. The Labute approximate surface area is 171 Å². The molecule has 0 radical (unpaired) electrons. The summed E-state index contributed by atoms with van der Waals surface area (Å²) in [5.41, 5.74) is 3.06. The Morgan fingerprint density at radius 1 is 1.07 bits per heavy atom. The van der Waals surface area contributed by atoms with Crippen molar-refractivity contribution in [3.8, 4) is 11.5 Å². The second-order valence-corrected chi connectivity index (χ2v) is 7.31. The van der Waals surface area contributed by atoms with Gasteiger partial charge in [-0.1, -0.05) is 29.5 Å². The van der Waals surface area contributed by atoms with E-state index >= 15 is 0 Å². The lowest BCUT2D eigenvalue weighted by atomic mass is 10.1. The highest BCUT2D eigenvalue weighted by Crippen LogP contribution is 2.41. The highest BCUT2D eigenvalue weighted by Gasteiger charge is 2.35. The minimum Gasteiger partial charge on any atom is -0.494 e. The van der Waals surface area contributed by atoms with Crippen LogP contribution in [-0.2, 0) is 9.59 Å². The molecule has 0 saturated carbocycles. The molecular weight excluding hydrogens is 392 g/mol. The van der Waals surface area contributed by atoms with Crippen LogP contribution in [0.2, 0.25) is 0 Å². The average Bonchev–Trinajstić information content (AvgIpc) is 3.24.